The van der Waals surface area contributed by atoms with Crippen LogP contribution in [-0.4, -0.2) is 15.0 Å². The zero-order valence-corrected chi connectivity index (χ0v) is 12.0. The Labute approximate surface area is 118 Å². The van der Waals surface area contributed by atoms with Crippen LogP contribution in [0.2, 0.25) is 0 Å². The van der Waals surface area contributed by atoms with E-state index < -0.39 is 0 Å². The van der Waals surface area contributed by atoms with Crippen LogP contribution in [0, 0.1) is 11.3 Å². The van der Waals surface area contributed by atoms with E-state index in [1.54, 1.807) is 4.68 Å². The molecule has 0 atom stereocenters. The molecule has 0 spiro atoms. The molecule has 5 nitrogen and oxygen atoms in total. The second-order valence-electron chi connectivity index (χ2n) is 4.82. The summed E-state index contributed by atoms with van der Waals surface area (Å²) >= 11 is 0. The lowest BCUT2D eigenvalue weighted by atomic mass is 10.2. The molecule has 1 aromatic carbocycles. The molecule has 1 heterocycles. The minimum atomic E-state index is 0.144. The highest BCUT2D eigenvalue weighted by atomic mass is 16.5. The first-order valence-corrected chi connectivity index (χ1v) is 6.71. The van der Waals surface area contributed by atoms with E-state index in [0.717, 1.165) is 12.2 Å². The molecule has 0 aliphatic rings. The SMILES string of the molecule is CCc1cccc(OCc2c(C#N)nnn2C(C)C)c1. The van der Waals surface area contributed by atoms with Gasteiger partial charge in [0.25, 0.3) is 0 Å². The van der Waals surface area contributed by atoms with Crippen molar-refractivity contribution in [3.05, 3.63) is 41.2 Å². The standard InChI is InChI=1S/C15H18N4O/c1-4-12-6-5-7-13(8-12)20-10-15-14(9-16)17-18-19(15)11(2)3/h5-8,11H,4,10H2,1-3H3. The Balaban J connectivity index is 2.18. The van der Waals surface area contributed by atoms with E-state index in [1.807, 2.05) is 32.0 Å². The van der Waals surface area contributed by atoms with Crippen LogP contribution in [0.5, 0.6) is 5.75 Å². The third-order valence-corrected chi connectivity index (χ3v) is 3.07. The van der Waals surface area contributed by atoms with Crippen molar-refractivity contribution >= 4 is 0 Å². The summed E-state index contributed by atoms with van der Waals surface area (Å²) in [6, 6.07) is 10.2. The average Bonchev–Trinajstić information content (AvgIpc) is 2.88. The predicted molar refractivity (Wildman–Crippen MR) is 75.3 cm³/mol. The lowest BCUT2D eigenvalue weighted by Crippen LogP contribution is -2.11. The van der Waals surface area contributed by atoms with Crippen LogP contribution >= 0.6 is 0 Å². The van der Waals surface area contributed by atoms with Crippen LogP contribution in [0.15, 0.2) is 24.3 Å². The number of aryl methyl sites for hydroxylation is 1. The van der Waals surface area contributed by atoms with Crippen LogP contribution < -0.4 is 4.74 Å². The normalized spacial score (nSPS) is 10.6. The van der Waals surface area contributed by atoms with Gasteiger partial charge in [0.1, 0.15) is 24.1 Å². The van der Waals surface area contributed by atoms with Crippen LogP contribution in [0.25, 0.3) is 0 Å². The Morgan fingerprint density at radius 3 is 2.85 bits per heavy atom. The molecule has 1 aromatic heterocycles. The fraction of sp³-hybridized carbons (Fsp3) is 0.400. The van der Waals surface area contributed by atoms with Crippen molar-refractivity contribution in [2.24, 2.45) is 0 Å². The molecule has 0 aliphatic carbocycles. The van der Waals surface area contributed by atoms with Gasteiger partial charge >= 0.3 is 0 Å². The van der Waals surface area contributed by atoms with Crippen LogP contribution in [0.4, 0.5) is 0 Å². The van der Waals surface area contributed by atoms with Crippen molar-refractivity contribution in [3.8, 4) is 11.8 Å². The number of rotatable bonds is 5. The molecule has 0 amide bonds. The summed E-state index contributed by atoms with van der Waals surface area (Å²) in [6.07, 6.45) is 0.964. The maximum Gasteiger partial charge on any atom is 0.189 e. The van der Waals surface area contributed by atoms with Crippen molar-refractivity contribution in [3.63, 3.8) is 0 Å². The fourth-order valence-electron chi connectivity index (χ4n) is 1.96. The van der Waals surface area contributed by atoms with E-state index >= 15 is 0 Å². The summed E-state index contributed by atoms with van der Waals surface area (Å²) in [6.45, 7) is 6.39. The maximum atomic E-state index is 9.07. The van der Waals surface area contributed by atoms with E-state index in [1.165, 1.54) is 5.56 Å². The molecular formula is C15H18N4O. The summed E-state index contributed by atoms with van der Waals surface area (Å²) < 4.78 is 7.50. The predicted octanol–water partition coefficient (Wildman–Crippen LogP) is 2.87. The molecule has 0 fully saturated rings. The summed E-state index contributed by atoms with van der Waals surface area (Å²) in [4.78, 5) is 0. The molecule has 2 aromatic rings. The molecule has 0 N–H and O–H groups in total. The number of hydrogen-bond donors (Lipinski definition) is 0. The molecule has 0 saturated carbocycles. The van der Waals surface area contributed by atoms with Gasteiger partial charge in [-0.2, -0.15) is 5.26 Å². The van der Waals surface area contributed by atoms with Crippen LogP contribution in [0.3, 0.4) is 0 Å². The Morgan fingerprint density at radius 1 is 1.40 bits per heavy atom. The second kappa shape index (κ2) is 6.20. The highest BCUT2D eigenvalue weighted by Gasteiger charge is 2.15. The molecule has 0 aliphatic heterocycles. The Morgan fingerprint density at radius 2 is 2.20 bits per heavy atom. The van der Waals surface area contributed by atoms with Gasteiger partial charge in [-0.15, -0.1) is 5.10 Å². The third-order valence-electron chi connectivity index (χ3n) is 3.07. The van der Waals surface area contributed by atoms with Gasteiger partial charge < -0.3 is 4.74 Å². The number of hydrogen-bond acceptors (Lipinski definition) is 4. The number of nitrogens with zero attached hydrogens (tertiary/aromatic N) is 4. The monoisotopic (exact) mass is 270 g/mol. The maximum absolute atomic E-state index is 9.07. The number of aromatic nitrogens is 3. The Bertz CT molecular complexity index is 625. The van der Waals surface area contributed by atoms with Gasteiger partial charge in [-0.25, -0.2) is 4.68 Å². The number of nitriles is 1. The van der Waals surface area contributed by atoms with Gasteiger partial charge in [-0.3, -0.25) is 0 Å². The number of ether oxygens (including phenoxy) is 1. The zero-order valence-electron chi connectivity index (χ0n) is 12.0. The first-order valence-electron chi connectivity index (χ1n) is 6.71. The van der Waals surface area contributed by atoms with Crippen molar-refractivity contribution in [2.75, 3.05) is 0 Å². The first kappa shape index (κ1) is 14.1. The molecule has 5 heteroatoms. The van der Waals surface area contributed by atoms with Gasteiger partial charge in [0.15, 0.2) is 5.69 Å². The van der Waals surface area contributed by atoms with Gasteiger partial charge in [-0.1, -0.05) is 24.3 Å². The van der Waals surface area contributed by atoms with Crippen molar-refractivity contribution in [1.29, 1.82) is 5.26 Å². The smallest absolute Gasteiger partial charge is 0.189 e. The Hall–Kier alpha value is -2.35. The van der Waals surface area contributed by atoms with Crippen LogP contribution in [0.1, 0.15) is 43.8 Å². The van der Waals surface area contributed by atoms with E-state index in [-0.39, 0.29) is 6.04 Å². The average molecular weight is 270 g/mol. The summed E-state index contributed by atoms with van der Waals surface area (Å²) in [5, 5.41) is 16.9. The van der Waals surface area contributed by atoms with Crippen molar-refractivity contribution in [2.45, 2.75) is 39.8 Å². The van der Waals surface area contributed by atoms with Gasteiger partial charge in [0, 0.05) is 6.04 Å². The van der Waals surface area contributed by atoms with E-state index in [9.17, 15) is 0 Å². The zero-order chi connectivity index (χ0) is 14.5. The van der Waals surface area contributed by atoms with Crippen molar-refractivity contribution < 1.29 is 4.74 Å². The largest absolute Gasteiger partial charge is 0.487 e. The molecule has 0 unspecified atom stereocenters. The minimum absolute atomic E-state index is 0.144. The van der Waals surface area contributed by atoms with E-state index in [2.05, 4.69) is 29.4 Å². The fourth-order valence-corrected chi connectivity index (χ4v) is 1.96. The molecule has 2 rings (SSSR count). The number of benzene rings is 1. The highest BCUT2D eigenvalue weighted by molar-refractivity contribution is 5.29. The topological polar surface area (TPSA) is 63.7 Å². The van der Waals surface area contributed by atoms with Gasteiger partial charge in [-0.05, 0) is 38.0 Å². The highest BCUT2D eigenvalue weighted by Crippen LogP contribution is 2.17. The van der Waals surface area contributed by atoms with E-state index in [4.69, 9.17) is 10.00 Å². The lowest BCUT2D eigenvalue weighted by Gasteiger charge is -2.11. The van der Waals surface area contributed by atoms with Gasteiger partial charge in [0.05, 0.1) is 0 Å². The second-order valence-corrected chi connectivity index (χ2v) is 4.82. The van der Waals surface area contributed by atoms with E-state index in [0.29, 0.717) is 18.0 Å². The lowest BCUT2D eigenvalue weighted by molar-refractivity contribution is 0.287. The molecule has 104 valence electrons. The first-order chi connectivity index (χ1) is 9.65. The summed E-state index contributed by atoms with van der Waals surface area (Å²) in [5.74, 6) is 0.796. The van der Waals surface area contributed by atoms with Gasteiger partial charge in [0.2, 0.25) is 0 Å². The third kappa shape index (κ3) is 2.97. The summed E-state index contributed by atoms with van der Waals surface area (Å²) in [7, 11) is 0. The molecule has 0 bridgehead atoms. The molecule has 0 saturated heterocycles. The molecule has 20 heavy (non-hydrogen) atoms. The molecular weight excluding hydrogens is 252 g/mol. The molecule has 0 radical (unpaired) electrons. The minimum Gasteiger partial charge on any atom is -0.487 e. The van der Waals surface area contributed by atoms with Crippen molar-refractivity contribution in [1.82, 2.24) is 15.0 Å². The summed E-state index contributed by atoms with van der Waals surface area (Å²) in [5.41, 5.74) is 2.26. The Kier molecular flexibility index (Phi) is 4.36. The quantitative estimate of drug-likeness (QED) is 0.838. The van der Waals surface area contributed by atoms with Crippen LogP contribution in [-0.2, 0) is 13.0 Å².